The number of halogens is 20. The topological polar surface area (TPSA) is 34.1 Å². The van der Waals surface area contributed by atoms with Gasteiger partial charge < -0.3 is 0 Å². The highest BCUT2D eigenvalue weighted by atomic mass is 35.5. The fraction of sp³-hybridized carbons (Fsp3) is 0.500. The highest BCUT2D eigenvalue weighted by Crippen LogP contribution is 2.62. The van der Waals surface area contributed by atoms with Gasteiger partial charge in [-0.1, -0.05) is 6.07 Å². The SMILES string of the molecule is O=C(Cl)C(F)(F)C(F)(F)C(F)(F)C(F)(F)C(F)(F)C(F)(F)C(F)(F)C(F)F.O=C(Cl)c1cccc(F)c1F. The summed E-state index contributed by atoms with van der Waals surface area (Å²) in [5.41, 5.74) is -0.438. The Morgan fingerprint density at radius 3 is 1.32 bits per heavy atom. The Balaban J connectivity index is 0.00000103. The average molecular weight is 641 g/mol. The van der Waals surface area contributed by atoms with Crippen LogP contribution < -0.4 is 0 Å². The summed E-state index contributed by atoms with van der Waals surface area (Å²) >= 11 is 8.66. The fourth-order valence-corrected chi connectivity index (χ4v) is 2.18. The van der Waals surface area contributed by atoms with Crippen molar-refractivity contribution in [2.75, 3.05) is 0 Å². The molecule has 38 heavy (non-hydrogen) atoms. The summed E-state index contributed by atoms with van der Waals surface area (Å²) in [6.07, 6.45) is -5.91. The number of hydrogen-bond donors (Lipinski definition) is 0. The monoisotopic (exact) mass is 640 g/mol. The molecule has 0 amide bonds. The maximum Gasteiger partial charge on any atom is 0.388 e. The van der Waals surface area contributed by atoms with Crippen LogP contribution in [0.15, 0.2) is 18.2 Å². The standard InChI is InChI=1S/C9HClF16O.C7H3ClF2O/c10-1(27)3(13,14)5(17,18)7(21,22)9(25,26)8(23,24)6(19,20)4(15,16)2(11)12;8-7(11)4-2-1-3-5(9)6(4)10/h2H;1-3H. The van der Waals surface area contributed by atoms with Crippen molar-refractivity contribution < 1.29 is 88.6 Å². The van der Waals surface area contributed by atoms with Crippen molar-refractivity contribution in [3.63, 3.8) is 0 Å². The highest BCUT2D eigenvalue weighted by molar-refractivity contribution is 6.67. The molecule has 0 unspecified atom stereocenters. The Hall–Kier alpha value is -2.12. The molecule has 0 heterocycles. The molecule has 0 spiro atoms. The van der Waals surface area contributed by atoms with Gasteiger partial charge in [-0.05, 0) is 35.3 Å². The van der Waals surface area contributed by atoms with Gasteiger partial charge in [0.15, 0.2) is 11.6 Å². The first-order chi connectivity index (χ1) is 16.5. The van der Waals surface area contributed by atoms with Crippen molar-refractivity contribution in [2.24, 2.45) is 0 Å². The van der Waals surface area contributed by atoms with E-state index < -0.39 is 75.6 Å². The Morgan fingerprint density at radius 1 is 0.632 bits per heavy atom. The average Bonchev–Trinajstić information content (AvgIpc) is 2.74. The normalized spacial score (nSPS) is 14.2. The minimum atomic E-state index is -8.53. The number of hydrogen-bond acceptors (Lipinski definition) is 2. The van der Waals surface area contributed by atoms with E-state index in [1.165, 1.54) is 6.07 Å². The summed E-state index contributed by atoms with van der Waals surface area (Å²) < 4.78 is 228. The minimum absolute atomic E-state index is 0.438. The molecule has 1 rings (SSSR count). The third-order valence-electron chi connectivity index (χ3n) is 4.07. The second-order valence-electron chi connectivity index (χ2n) is 6.52. The smallest absolute Gasteiger partial charge is 0.275 e. The maximum atomic E-state index is 13.0. The molecule has 0 atom stereocenters. The molecule has 0 aliphatic carbocycles. The molecule has 2 nitrogen and oxygen atoms in total. The summed E-state index contributed by atoms with van der Waals surface area (Å²) in [7, 11) is 0. The van der Waals surface area contributed by atoms with Gasteiger partial charge in [0.05, 0.1) is 5.56 Å². The second kappa shape index (κ2) is 10.8. The van der Waals surface area contributed by atoms with E-state index in [0.717, 1.165) is 12.1 Å². The molecule has 0 fully saturated rings. The van der Waals surface area contributed by atoms with Crippen molar-refractivity contribution in [1.82, 2.24) is 0 Å². The van der Waals surface area contributed by atoms with E-state index in [2.05, 4.69) is 11.6 Å². The summed E-state index contributed by atoms with van der Waals surface area (Å²) in [6, 6.07) is 3.25. The summed E-state index contributed by atoms with van der Waals surface area (Å²) in [5.74, 6) is -58.4. The molecule has 0 aliphatic rings. The molecule has 220 valence electrons. The van der Waals surface area contributed by atoms with E-state index >= 15 is 0 Å². The molecule has 0 radical (unpaired) electrons. The van der Waals surface area contributed by atoms with Gasteiger partial charge in [-0.25, -0.2) is 17.6 Å². The molecule has 22 heteroatoms. The largest absolute Gasteiger partial charge is 0.388 e. The van der Waals surface area contributed by atoms with Crippen molar-refractivity contribution in [3.8, 4) is 0 Å². The quantitative estimate of drug-likeness (QED) is 0.204. The Bertz CT molecular complexity index is 1040. The zero-order valence-electron chi connectivity index (χ0n) is 16.7. The molecule has 1 aromatic carbocycles. The minimum Gasteiger partial charge on any atom is -0.275 e. The second-order valence-corrected chi connectivity index (χ2v) is 7.21. The maximum absolute atomic E-state index is 13.0. The molecule has 0 N–H and O–H groups in total. The van der Waals surface area contributed by atoms with Crippen LogP contribution in [0, 0.1) is 11.6 Å². The first-order valence-electron chi connectivity index (χ1n) is 8.28. The van der Waals surface area contributed by atoms with Crippen LogP contribution in [0.3, 0.4) is 0 Å². The Kier molecular flexibility index (Phi) is 10.2. The van der Waals surface area contributed by atoms with Gasteiger partial charge in [0.25, 0.3) is 10.5 Å². The first kappa shape index (κ1) is 35.9. The Morgan fingerprint density at radius 2 is 1.00 bits per heavy atom. The van der Waals surface area contributed by atoms with Gasteiger partial charge in [-0.3, -0.25) is 9.59 Å². The molecule has 0 saturated heterocycles. The van der Waals surface area contributed by atoms with Crippen LogP contribution >= 0.6 is 23.2 Å². The lowest BCUT2D eigenvalue weighted by Gasteiger charge is -2.41. The molecule has 0 saturated carbocycles. The lowest BCUT2D eigenvalue weighted by molar-refractivity contribution is -0.443. The van der Waals surface area contributed by atoms with Crippen molar-refractivity contribution >= 4 is 33.7 Å². The lowest BCUT2D eigenvalue weighted by Crippen LogP contribution is -2.74. The fourth-order valence-electron chi connectivity index (χ4n) is 1.91. The molecular weight excluding hydrogens is 637 g/mol. The predicted molar refractivity (Wildman–Crippen MR) is 88.0 cm³/mol. The molecule has 0 aliphatic heterocycles. The number of rotatable bonds is 9. The molecule has 0 aromatic heterocycles. The third-order valence-corrected chi connectivity index (χ3v) is 4.52. The van der Waals surface area contributed by atoms with E-state index in [9.17, 15) is 88.6 Å². The summed E-state index contributed by atoms with van der Waals surface area (Å²) in [4.78, 5) is 20.4. The van der Waals surface area contributed by atoms with Gasteiger partial charge in [-0.2, -0.15) is 61.5 Å². The first-order valence-corrected chi connectivity index (χ1v) is 9.03. The van der Waals surface area contributed by atoms with Gasteiger partial charge in [-0.15, -0.1) is 0 Å². The van der Waals surface area contributed by atoms with Crippen LogP contribution in [0.1, 0.15) is 10.4 Å². The van der Waals surface area contributed by atoms with E-state index in [4.69, 9.17) is 11.6 Å². The van der Waals surface area contributed by atoms with Crippen LogP contribution in [-0.4, -0.2) is 58.4 Å². The lowest BCUT2D eigenvalue weighted by atomic mass is 9.89. The number of alkyl halides is 16. The number of benzene rings is 1. The van der Waals surface area contributed by atoms with Crippen LogP contribution in [0.4, 0.5) is 79.0 Å². The van der Waals surface area contributed by atoms with E-state index in [0.29, 0.717) is 0 Å². The zero-order valence-corrected chi connectivity index (χ0v) is 18.2. The van der Waals surface area contributed by atoms with Crippen molar-refractivity contribution in [3.05, 3.63) is 35.4 Å². The van der Waals surface area contributed by atoms with E-state index in [1.54, 1.807) is 0 Å². The third kappa shape index (κ3) is 5.46. The van der Waals surface area contributed by atoms with Gasteiger partial charge in [0, 0.05) is 0 Å². The van der Waals surface area contributed by atoms with Crippen molar-refractivity contribution in [2.45, 2.75) is 47.9 Å². The zero-order chi connectivity index (χ0) is 31.1. The summed E-state index contributed by atoms with van der Waals surface area (Å²) in [5, 5.41) is -4.85. The highest BCUT2D eigenvalue weighted by Gasteiger charge is 2.94. The van der Waals surface area contributed by atoms with Gasteiger partial charge in [0.1, 0.15) is 0 Å². The van der Waals surface area contributed by atoms with Gasteiger partial charge in [0.2, 0.25) is 0 Å². The Labute approximate surface area is 206 Å². The van der Waals surface area contributed by atoms with Crippen molar-refractivity contribution in [1.29, 1.82) is 0 Å². The van der Waals surface area contributed by atoms with Crippen LogP contribution in [0.5, 0.6) is 0 Å². The van der Waals surface area contributed by atoms with Crippen LogP contribution in [0.2, 0.25) is 0 Å². The number of carbonyl (C=O) groups excluding carboxylic acids is 2. The van der Waals surface area contributed by atoms with Gasteiger partial charge >= 0.3 is 47.9 Å². The molecule has 0 bridgehead atoms. The number of carbonyl (C=O) groups is 2. The molecular formula is C16H4Cl2F18O2. The van der Waals surface area contributed by atoms with Crippen LogP contribution in [-0.2, 0) is 4.79 Å². The van der Waals surface area contributed by atoms with E-state index in [1.807, 2.05) is 0 Å². The predicted octanol–water partition coefficient (Wildman–Crippen LogP) is 7.81. The summed E-state index contributed by atoms with van der Waals surface area (Å²) in [6.45, 7) is 0. The van der Waals surface area contributed by atoms with Crippen LogP contribution in [0.25, 0.3) is 0 Å². The van der Waals surface area contributed by atoms with E-state index in [-0.39, 0.29) is 0 Å². The molecule has 1 aromatic rings.